The number of hydrogen-bond donors (Lipinski definition) is 1. The van der Waals surface area contributed by atoms with Gasteiger partial charge in [-0.15, -0.1) is 0 Å². The minimum atomic E-state index is -4.51. The summed E-state index contributed by atoms with van der Waals surface area (Å²) in [6.07, 6.45) is -1.16. The van der Waals surface area contributed by atoms with Crippen molar-refractivity contribution in [3.63, 3.8) is 0 Å². The van der Waals surface area contributed by atoms with Gasteiger partial charge in [0.25, 0.3) is 0 Å². The van der Waals surface area contributed by atoms with Gasteiger partial charge in [0.1, 0.15) is 0 Å². The Balaban J connectivity index is 1.87. The van der Waals surface area contributed by atoms with Crippen LogP contribution in [0.2, 0.25) is 0 Å². The van der Waals surface area contributed by atoms with E-state index < -0.39 is 17.7 Å². The number of alkyl halides is 3. The summed E-state index contributed by atoms with van der Waals surface area (Å²) in [5, 5.41) is 4.08. The van der Waals surface area contributed by atoms with Crippen LogP contribution < -0.4 is 5.32 Å². The lowest BCUT2D eigenvalue weighted by atomic mass is 9.73. The van der Waals surface area contributed by atoms with E-state index in [1.165, 1.54) is 12.1 Å². The van der Waals surface area contributed by atoms with Gasteiger partial charge in [-0.2, -0.15) is 13.2 Å². The number of halogens is 3. The number of carbonyl (C=O) groups is 1. The predicted molar refractivity (Wildman–Crippen MR) is 105 cm³/mol. The number of anilines is 1. The zero-order valence-electron chi connectivity index (χ0n) is 15.4. The molecule has 2 aromatic carbocycles. The molecule has 0 bridgehead atoms. The number of benzene rings is 2. The molecule has 0 saturated carbocycles. The Labute approximate surface area is 165 Å². The van der Waals surface area contributed by atoms with Crippen molar-refractivity contribution in [1.82, 2.24) is 4.98 Å². The van der Waals surface area contributed by atoms with Crippen LogP contribution in [0, 0.1) is 0 Å². The van der Waals surface area contributed by atoms with Crippen LogP contribution in [-0.2, 0) is 11.0 Å². The third-order valence-electron chi connectivity index (χ3n) is 5.72. The van der Waals surface area contributed by atoms with E-state index in [0.717, 1.165) is 22.8 Å². The number of nitrogens with one attached hydrogen (secondary N) is 1. The first-order valence-corrected chi connectivity index (χ1v) is 9.52. The number of Topliss-reactive ketones (excluding diaryl/α,β-unsaturated/α-hetero) is 1. The Bertz CT molecular complexity index is 1180. The Hall–Kier alpha value is -3.15. The summed E-state index contributed by atoms with van der Waals surface area (Å²) in [7, 11) is 0. The third-order valence-corrected chi connectivity index (χ3v) is 5.72. The van der Waals surface area contributed by atoms with Gasteiger partial charge in [0, 0.05) is 40.9 Å². The molecule has 2 heterocycles. The number of hydrogen-bond acceptors (Lipinski definition) is 3. The van der Waals surface area contributed by atoms with Crippen molar-refractivity contribution in [2.45, 2.75) is 31.4 Å². The summed E-state index contributed by atoms with van der Waals surface area (Å²) >= 11 is 0. The smallest absolute Gasteiger partial charge is 0.358 e. The van der Waals surface area contributed by atoms with Gasteiger partial charge in [-0.1, -0.05) is 24.3 Å². The average Bonchev–Trinajstić information content (AvgIpc) is 2.71. The molecular formula is C23H17F3N2O. The second kappa shape index (κ2) is 6.44. The lowest BCUT2D eigenvalue weighted by molar-refractivity contribution is -0.138. The highest BCUT2D eigenvalue weighted by Gasteiger charge is 2.41. The second-order valence-electron chi connectivity index (χ2n) is 7.41. The molecule has 3 nitrogen and oxygen atoms in total. The van der Waals surface area contributed by atoms with Gasteiger partial charge >= 0.3 is 6.18 Å². The largest absolute Gasteiger partial charge is 0.416 e. The topological polar surface area (TPSA) is 42.0 Å². The molecule has 29 heavy (non-hydrogen) atoms. The molecule has 1 atom stereocenters. The molecule has 0 saturated heterocycles. The van der Waals surface area contributed by atoms with Crippen LogP contribution in [0.1, 0.15) is 41.9 Å². The Morgan fingerprint density at radius 1 is 1.00 bits per heavy atom. The molecule has 0 fully saturated rings. The lowest BCUT2D eigenvalue weighted by Crippen LogP contribution is -2.28. The number of allylic oxidation sites excluding steroid dienone is 2. The lowest BCUT2D eigenvalue weighted by Gasteiger charge is -2.35. The van der Waals surface area contributed by atoms with Crippen molar-refractivity contribution >= 4 is 22.4 Å². The maximum atomic E-state index is 13.9. The number of fused-ring (bicyclic) bond motifs is 3. The summed E-state index contributed by atoms with van der Waals surface area (Å²) < 4.78 is 41.7. The van der Waals surface area contributed by atoms with Crippen molar-refractivity contribution in [2.24, 2.45) is 0 Å². The number of ketones is 1. The van der Waals surface area contributed by atoms with Crippen molar-refractivity contribution in [1.29, 1.82) is 0 Å². The third kappa shape index (κ3) is 2.82. The molecule has 0 spiro atoms. The van der Waals surface area contributed by atoms with Gasteiger partial charge in [-0.25, -0.2) is 0 Å². The molecule has 3 aromatic rings. The van der Waals surface area contributed by atoms with E-state index in [9.17, 15) is 18.0 Å². The van der Waals surface area contributed by atoms with Gasteiger partial charge in [0.15, 0.2) is 5.78 Å². The average molecular weight is 394 g/mol. The van der Waals surface area contributed by atoms with E-state index in [0.29, 0.717) is 35.9 Å². The molecule has 6 heteroatoms. The van der Waals surface area contributed by atoms with Crippen LogP contribution >= 0.6 is 0 Å². The fraction of sp³-hybridized carbons (Fsp3) is 0.217. The maximum absolute atomic E-state index is 13.9. The van der Waals surface area contributed by atoms with Crippen molar-refractivity contribution in [2.75, 3.05) is 5.32 Å². The molecular weight excluding hydrogens is 377 g/mol. The zero-order chi connectivity index (χ0) is 20.2. The van der Waals surface area contributed by atoms with E-state index in [-0.39, 0.29) is 11.3 Å². The van der Waals surface area contributed by atoms with Crippen LogP contribution in [0.3, 0.4) is 0 Å². The molecule has 0 unspecified atom stereocenters. The molecule has 1 aromatic heterocycles. The standard InChI is InChI=1S/C23H17F3N2O/c24-23(25,26)15-7-2-1-5-13(15)21-20-14-6-4-12-27-16(14)10-11-18(20)28-17-8-3-9-19(29)22(17)21/h1-2,4-7,10-12,21,28H,3,8-9H2/t21-/m1/s1. The number of carbonyl (C=O) groups excluding carboxylic acids is 1. The van der Waals surface area contributed by atoms with Crippen LogP contribution in [0.4, 0.5) is 18.9 Å². The maximum Gasteiger partial charge on any atom is 0.416 e. The van der Waals surface area contributed by atoms with Gasteiger partial charge in [0.05, 0.1) is 11.1 Å². The highest BCUT2D eigenvalue weighted by molar-refractivity contribution is 6.03. The summed E-state index contributed by atoms with van der Waals surface area (Å²) in [6.45, 7) is 0. The van der Waals surface area contributed by atoms with Crippen LogP contribution in [0.15, 0.2) is 66.0 Å². The van der Waals surface area contributed by atoms with Crippen molar-refractivity contribution in [3.8, 4) is 0 Å². The van der Waals surface area contributed by atoms with E-state index in [1.807, 2.05) is 18.2 Å². The summed E-state index contributed by atoms with van der Waals surface area (Å²) in [5.41, 5.74) is 2.71. The molecule has 1 aliphatic carbocycles. The van der Waals surface area contributed by atoms with Crippen LogP contribution in [0.25, 0.3) is 10.9 Å². The molecule has 5 rings (SSSR count). The Kier molecular flexibility index (Phi) is 3.98. The van der Waals surface area contributed by atoms with Crippen LogP contribution in [0.5, 0.6) is 0 Å². The van der Waals surface area contributed by atoms with Crippen molar-refractivity contribution in [3.05, 3.63) is 82.7 Å². The Morgan fingerprint density at radius 2 is 1.83 bits per heavy atom. The number of rotatable bonds is 1. The van der Waals surface area contributed by atoms with Gasteiger partial charge in [-0.3, -0.25) is 9.78 Å². The van der Waals surface area contributed by atoms with E-state index in [4.69, 9.17) is 0 Å². The molecule has 1 aliphatic heterocycles. The molecule has 146 valence electrons. The summed E-state index contributed by atoms with van der Waals surface area (Å²) in [4.78, 5) is 17.3. The fourth-order valence-electron chi connectivity index (χ4n) is 4.55. The zero-order valence-corrected chi connectivity index (χ0v) is 15.4. The SMILES string of the molecule is O=C1CCCC2=C1[C@H](c1ccccc1C(F)(F)F)c1c(ccc3ncccc13)N2. The van der Waals surface area contributed by atoms with Crippen molar-refractivity contribution < 1.29 is 18.0 Å². The first kappa shape index (κ1) is 17.9. The molecule has 1 N–H and O–H groups in total. The molecule has 0 radical (unpaired) electrons. The molecule has 2 aliphatic rings. The van der Waals surface area contributed by atoms with E-state index in [1.54, 1.807) is 18.3 Å². The summed E-state index contributed by atoms with van der Waals surface area (Å²) in [6, 6.07) is 12.9. The first-order chi connectivity index (χ1) is 13.9. The number of nitrogens with zero attached hydrogens (tertiary/aromatic N) is 1. The van der Waals surface area contributed by atoms with Gasteiger partial charge < -0.3 is 5.32 Å². The Morgan fingerprint density at radius 3 is 2.66 bits per heavy atom. The second-order valence-corrected chi connectivity index (χ2v) is 7.41. The normalized spacial score (nSPS) is 19.0. The summed E-state index contributed by atoms with van der Waals surface area (Å²) in [5.74, 6) is -0.868. The number of pyridine rings is 1. The van der Waals surface area contributed by atoms with Gasteiger partial charge in [0.2, 0.25) is 0 Å². The highest BCUT2D eigenvalue weighted by atomic mass is 19.4. The number of aromatic nitrogens is 1. The van der Waals surface area contributed by atoms with Gasteiger partial charge in [-0.05, 0) is 48.2 Å². The fourth-order valence-corrected chi connectivity index (χ4v) is 4.55. The predicted octanol–water partition coefficient (Wildman–Crippen LogP) is 5.82. The van der Waals surface area contributed by atoms with E-state index >= 15 is 0 Å². The minimum Gasteiger partial charge on any atom is -0.358 e. The quantitative estimate of drug-likeness (QED) is 0.566. The minimum absolute atomic E-state index is 0.0905. The molecule has 0 amide bonds. The highest BCUT2D eigenvalue weighted by Crippen LogP contribution is 2.50. The monoisotopic (exact) mass is 394 g/mol. The van der Waals surface area contributed by atoms with Crippen LogP contribution in [-0.4, -0.2) is 10.8 Å². The first-order valence-electron chi connectivity index (χ1n) is 9.52. The van der Waals surface area contributed by atoms with E-state index in [2.05, 4.69) is 10.3 Å².